The first-order chi connectivity index (χ1) is 10.4. The molecule has 4 rings (SSSR count). The summed E-state index contributed by atoms with van der Waals surface area (Å²) >= 11 is 0. The van der Waals surface area contributed by atoms with Gasteiger partial charge in [-0.05, 0) is 76.4 Å². The topological polar surface area (TPSA) is 27.3 Å². The Hall–Kier alpha value is -0.120. The SMILES string of the molecule is C1CNC(C2CCCCC2NCC2CCN(C3CC3)C2)C1. The summed E-state index contributed by atoms with van der Waals surface area (Å²) in [5.41, 5.74) is 0. The Labute approximate surface area is 130 Å². The molecule has 4 aliphatic rings. The van der Waals surface area contributed by atoms with E-state index in [1.807, 2.05) is 0 Å². The van der Waals surface area contributed by atoms with Gasteiger partial charge in [-0.15, -0.1) is 0 Å². The lowest BCUT2D eigenvalue weighted by Gasteiger charge is -2.37. The van der Waals surface area contributed by atoms with Crippen molar-refractivity contribution in [2.24, 2.45) is 11.8 Å². The number of hydrogen-bond acceptors (Lipinski definition) is 3. The molecule has 2 N–H and O–H groups in total. The summed E-state index contributed by atoms with van der Waals surface area (Å²) < 4.78 is 0. The lowest BCUT2D eigenvalue weighted by Crippen LogP contribution is -2.48. The van der Waals surface area contributed by atoms with Crippen molar-refractivity contribution in [2.45, 2.75) is 75.9 Å². The van der Waals surface area contributed by atoms with Crippen LogP contribution in [0.3, 0.4) is 0 Å². The molecule has 4 fully saturated rings. The minimum atomic E-state index is 0.796. The molecular weight excluding hydrogens is 258 g/mol. The maximum Gasteiger partial charge on any atom is 0.0111 e. The predicted molar refractivity (Wildman–Crippen MR) is 87.5 cm³/mol. The fourth-order valence-corrected chi connectivity index (χ4v) is 5.09. The summed E-state index contributed by atoms with van der Waals surface area (Å²) in [6, 6.07) is 2.58. The van der Waals surface area contributed by atoms with E-state index >= 15 is 0 Å². The summed E-state index contributed by atoms with van der Waals surface area (Å²) in [6.45, 7) is 5.27. The van der Waals surface area contributed by atoms with Gasteiger partial charge in [0.25, 0.3) is 0 Å². The lowest BCUT2D eigenvalue weighted by atomic mass is 9.79. The van der Waals surface area contributed by atoms with Crippen molar-refractivity contribution >= 4 is 0 Å². The number of likely N-dealkylation sites (tertiary alicyclic amines) is 1. The molecule has 4 atom stereocenters. The summed E-state index contributed by atoms with van der Waals surface area (Å²) in [4.78, 5) is 2.75. The third-order valence-corrected chi connectivity index (χ3v) is 6.48. The molecule has 120 valence electrons. The third-order valence-electron chi connectivity index (χ3n) is 6.48. The first kappa shape index (κ1) is 14.5. The van der Waals surface area contributed by atoms with Gasteiger partial charge in [0.15, 0.2) is 0 Å². The van der Waals surface area contributed by atoms with Gasteiger partial charge in [0.2, 0.25) is 0 Å². The van der Waals surface area contributed by atoms with Crippen LogP contribution >= 0.6 is 0 Å². The Morgan fingerprint density at radius 2 is 1.86 bits per heavy atom. The van der Waals surface area contributed by atoms with Gasteiger partial charge in [-0.2, -0.15) is 0 Å². The van der Waals surface area contributed by atoms with Gasteiger partial charge in [0.05, 0.1) is 0 Å². The molecule has 2 saturated carbocycles. The zero-order valence-electron chi connectivity index (χ0n) is 13.5. The van der Waals surface area contributed by atoms with Crippen LogP contribution in [-0.4, -0.2) is 49.2 Å². The highest BCUT2D eigenvalue weighted by atomic mass is 15.2. The Morgan fingerprint density at radius 1 is 0.952 bits per heavy atom. The first-order valence-corrected chi connectivity index (χ1v) is 9.61. The number of nitrogens with one attached hydrogen (secondary N) is 2. The van der Waals surface area contributed by atoms with E-state index in [9.17, 15) is 0 Å². The van der Waals surface area contributed by atoms with E-state index in [0.717, 1.165) is 30.0 Å². The van der Waals surface area contributed by atoms with Crippen molar-refractivity contribution in [1.82, 2.24) is 15.5 Å². The van der Waals surface area contributed by atoms with Gasteiger partial charge < -0.3 is 15.5 Å². The van der Waals surface area contributed by atoms with Gasteiger partial charge in [0.1, 0.15) is 0 Å². The van der Waals surface area contributed by atoms with Crippen molar-refractivity contribution < 1.29 is 0 Å². The largest absolute Gasteiger partial charge is 0.314 e. The molecule has 2 aliphatic carbocycles. The van der Waals surface area contributed by atoms with Crippen molar-refractivity contribution in [1.29, 1.82) is 0 Å². The van der Waals surface area contributed by atoms with Crippen LogP contribution in [0.25, 0.3) is 0 Å². The molecule has 0 amide bonds. The minimum absolute atomic E-state index is 0.796. The van der Waals surface area contributed by atoms with Gasteiger partial charge in [-0.25, -0.2) is 0 Å². The summed E-state index contributed by atoms with van der Waals surface area (Å²) in [6.07, 6.45) is 13.0. The van der Waals surface area contributed by atoms with Crippen molar-refractivity contribution in [3.8, 4) is 0 Å². The van der Waals surface area contributed by atoms with E-state index in [1.165, 1.54) is 84.0 Å². The molecule has 0 bridgehead atoms. The smallest absolute Gasteiger partial charge is 0.0111 e. The average Bonchev–Trinajstić information content (AvgIpc) is 3.04. The van der Waals surface area contributed by atoms with Crippen LogP contribution < -0.4 is 10.6 Å². The van der Waals surface area contributed by atoms with Gasteiger partial charge in [-0.3, -0.25) is 0 Å². The fourth-order valence-electron chi connectivity index (χ4n) is 5.09. The summed E-state index contributed by atoms with van der Waals surface area (Å²) in [5, 5.41) is 7.77. The van der Waals surface area contributed by atoms with Crippen LogP contribution in [0.1, 0.15) is 57.8 Å². The van der Waals surface area contributed by atoms with Crippen molar-refractivity contribution in [3.63, 3.8) is 0 Å². The highest BCUT2D eigenvalue weighted by molar-refractivity contribution is 4.93. The monoisotopic (exact) mass is 291 g/mol. The lowest BCUT2D eigenvalue weighted by molar-refractivity contribution is 0.207. The van der Waals surface area contributed by atoms with Crippen molar-refractivity contribution in [2.75, 3.05) is 26.2 Å². The van der Waals surface area contributed by atoms with E-state index in [2.05, 4.69) is 15.5 Å². The highest BCUT2D eigenvalue weighted by Gasteiger charge is 2.36. The molecule has 0 aromatic rings. The Bertz CT molecular complexity index is 335. The second kappa shape index (κ2) is 6.55. The maximum absolute atomic E-state index is 4.00. The quantitative estimate of drug-likeness (QED) is 0.814. The van der Waals surface area contributed by atoms with Crippen LogP contribution in [0, 0.1) is 11.8 Å². The predicted octanol–water partition coefficient (Wildman–Crippen LogP) is 2.37. The molecular formula is C18H33N3. The van der Waals surface area contributed by atoms with Gasteiger partial charge in [0, 0.05) is 24.7 Å². The normalized spacial score (nSPS) is 41.7. The third kappa shape index (κ3) is 3.46. The molecule has 2 saturated heterocycles. The molecule has 0 spiro atoms. The van der Waals surface area contributed by atoms with Gasteiger partial charge in [-0.1, -0.05) is 12.8 Å². The first-order valence-electron chi connectivity index (χ1n) is 9.61. The van der Waals surface area contributed by atoms with Crippen LogP contribution in [-0.2, 0) is 0 Å². The number of nitrogens with zero attached hydrogens (tertiary/aromatic N) is 1. The maximum atomic E-state index is 4.00. The zero-order chi connectivity index (χ0) is 14.1. The van der Waals surface area contributed by atoms with E-state index in [1.54, 1.807) is 0 Å². The van der Waals surface area contributed by atoms with Crippen LogP contribution in [0.5, 0.6) is 0 Å². The molecule has 4 unspecified atom stereocenters. The number of rotatable bonds is 5. The van der Waals surface area contributed by atoms with Crippen LogP contribution in [0.4, 0.5) is 0 Å². The van der Waals surface area contributed by atoms with Crippen LogP contribution in [0.15, 0.2) is 0 Å². The number of hydrogen-bond donors (Lipinski definition) is 2. The standard InChI is InChI=1S/C18H33N3/c1-2-5-18(16(4-1)17-6-3-10-19-17)20-12-14-9-11-21(13-14)15-7-8-15/h14-20H,1-13H2. The molecule has 0 aromatic carbocycles. The van der Waals surface area contributed by atoms with E-state index in [-0.39, 0.29) is 0 Å². The second-order valence-electron chi connectivity index (χ2n) is 8.05. The van der Waals surface area contributed by atoms with E-state index in [4.69, 9.17) is 0 Å². The summed E-state index contributed by atoms with van der Waals surface area (Å²) in [5.74, 6) is 1.83. The molecule has 21 heavy (non-hydrogen) atoms. The van der Waals surface area contributed by atoms with Gasteiger partial charge >= 0.3 is 0 Å². The Balaban J connectivity index is 1.26. The fraction of sp³-hybridized carbons (Fsp3) is 1.00. The molecule has 0 aromatic heterocycles. The minimum Gasteiger partial charge on any atom is -0.314 e. The molecule has 2 heterocycles. The van der Waals surface area contributed by atoms with E-state index in [0.29, 0.717) is 0 Å². The average molecular weight is 291 g/mol. The molecule has 3 heteroatoms. The van der Waals surface area contributed by atoms with E-state index < -0.39 is 0 Å². The molecule has 2 aliphatic heterocycles. The molecule has 3 nitrogen and oxygen atoms in total. The van der Waals surface area contributed by atoms with Crippen LogP contribution in [0.2, 0.25) is 0 Å². The zero-order valence-corrected chi connectivity index (χ0v) is 13.5. The summed E-state index contributed by atoms with van der Waals surface area (Å²) in [7, 11) is 0. The molecule has 0 radical (unpaired) electrons. The highest BCUT2D eigenvalue weighted by Crippen LogP contribution is 2.33. The Morgan fingerprint density at radius 3 is 2.67 bits per heavy atom. The second-order valence-corrected chi connectivity index (χ2v) is 8.05. The Kier molecular flexibility index (Phi) is 4.52. The van der Waals surface area contributed by atoms with Crippen molar-refractivity contribution in [3.05, 3.63) is 0 Å².